The summed E-state index contributed by atoms with van der Waals surface area (Å²) in [5.74, 6) is 0.734. The van der Waals surface area contributed by atoms with Crippen LogP contribution in [-0.2, 0) is 0 Å². The number of hydrogen-bond acceptors (Lipinski definition) is 7. The Morgan fingerprint density at radius 2 is 1.74 bits per heavy atom. The fourth-order valence-corrected chi connectivity index (χ4v) is 3.15. The maximum atomic E-state index is 12.5. The molecule has 0 atom stereocenters. The molecule has 11 heteroatoms. The molecule has 0 fully saturated rings. The van der Waals surface area contributed by atoms with Gasteiger partial charge in [0.15, 0.2) is 0 Å². The van der Waals surface area contributed by atoms with Crippen molar-refractivity contribution in [1.29, 1.82) is 0 Å². The van der Waals surface area contributed by atoms with E-state index in [4.69, 9.17) is 9.47 Å². The summed E-state index contributed by atoms with van der Waals surface area (Å²) in [7, 11) is 1.57. The van der Waals surface area contributed by atoms with Gasteiger partial charge in [0.2, 0.25) is 11.8 Å². The molecular weight excluding hydrogens is 451 g/mol. The minimum absolute atomic E-state index is 0.132. The van der Waals surface area contributed by atoms with Gasteiger partial charge in [0.1, 0.15) is 17.2 Å². The largest absolute Gasteiger partial charge is 0.573 e. The van der Waals surface area contributed by atoms with E-state index in [0.717, 1.165) is 17.4 Å². The van der Waals surface area contributed by atoms with Gasteiger partial charge < -0.3 is 24.1 Å². The molecule has 0 saturated heterocycles. The fraction of sp³-hybridized carbons (Fsp3) is 0.174. The number of alkyl halides is 3. The maximum absolute atomic E-state index is 12.5. The average molecular weight is 471 g/mol. The molecule has 0 aliphatic carbocycles. The maximum Gasteiger partial charge on any atom is 0.573 e. The van der Waals surface area contributed by atoms with Gasteiger partial charge in [-0.15, -0.1) is 13.2 Å². The van der Waals surface area contributed by atoms with E-state index in [9.17, 15) is 13.2 Å². The van der Waals surface area contributed by atoms with Crippen LogP contribution in [0.15, 0.2) is 61.1 Å². The summed E-state index contributed by atoms with van der Waals surface area (Å²) in [4.78, 5) is 12.9. The van der Waals surface area contributed by atoms with Gasteiger partial charge in [0, 0.05) is 35.8 Å². The van der Waals surface area contributed by atoms with Crippen molar-refractivity contribution >= 4 is 11.6 Å². The fourth-order valence-electron chi connectivity index (χ4n) is 3.15. The van der Waals surface area contributed by atoms with Gasteiger partial charge in [0.25, 0.3) is 0 Å². The Morgan fingerprint density at radius 3 is 2.44 bits per heavy atom. The third kappa shape index (κ3) is 5.74. The minimum Gasteiger partial charge on any atom is -0.494 e. The van der Waals surface area contributed by atoms with E-state index in [0.29, 0.717) is 17.1 Å². The molecule has 2 aromatic carbocycles. The second-order valence-corrected chi connectivity index (χ2v) is 7.23. The number of ether oxygens (including phenoxy) is 3. The van der Waals surface area contributed by atoms with E-state index in [1.165, 1.54) is 18.2 Å². The van der Waals surface area contributed by atoms with Gasteiger partial charge >= 0.3 is 6.36 Å². The van der Waals surface area contributed by atoms with Gasteiger partial charge in [-0.05, 0) is 38.1 Å². The number of imidazole rings is 1. The molecular formula is C23H20F3N5O3. The molecule has 4 rings (SSSR count). The monoisotopic (exact) mass is 471 g/mol. The third-order valence-electron chi connectivity index (χ3n) is 4.52. The summed E-state index contributed by atoms with van der Waals surface area (Å²) in [5, 5.41) is 3.09. The standard InChI is InChI=1S/C23H20F3N5O3/c1-14-9-21(33-17-5-4-6-18(11-17)34-23(24,25)26)30-22(28-14)29-16-7-8-19(20(10-16)32-3)31-12-15(2)27-13-31/h4-13H,1-3H3,(H,28,29,30). The molecule has 0 unspecified atom stereocenters. The van der Waals surface area contributed by atoms with E-state index in [2.05, 4.69) is 25.0 Å². The summed E-state index contributed by atoms with van der Waals surface area (Å²) in [6.07, 6.45) is -1.22. The van der Waals surface area contributed by atoms with Crippen molar-refractivity contribution in [3.05, 3.63) is 72.4 Å². The van der Waals surface area contributed by atoms with E-state index in [1.807, 2.05) is 29.8 Å². The summed E-state index contributed by atoms with van der Waals surface area (Å²) in [6, 6.07) is 12.2. The van der Waals surface area contributed by atoms with Crippen molar-refractivity contribution in [2.24, 2.45) is 0 Å². The molecule has 176 valence electrons. The molecule has 2 heterocycles. The molecule has 1 N–H and O–H groups in total. The van der Waals surface area contributed by atoms with Crippen LogP contribution < -0.4 is 19.5 Å². The number of halogens is 3. The molecule has 0 aliphatic heterocycles. The number of aromatic nitrogens is 4. The van der Waals surface area contributed by atoms with Gasteiger partial charge in [-0.25, -0.2) is 9.97 Å². The highest BCUT2D eigenvalue weighted by molar-refractivity contribution is 5.62. The second-order valence-electron chi connectivity index (χ2n) is 7.23. The lowest BCUT2D eigenvalue weighted by molar-refractivity contribution is -0.274. The smallest absolute Gasteiger partial charge is 0.494 e. The molecule has 8 nitrogen and oxygen atoms in total. The first kappa shape index (κ1) is 22.9. The highest BCUT2D eigenvalue weighted by Crippen LogP contribution is 2.30. The third-order valence-corrected chi connectivity index (χ3v) is 4.52. The Kier molecular flexibility index (Phi) is 6.26. The quantitative estimate of drug-likeness (QED) is 0.369. The zero-order valence-electron chi connectivity index (χ0n) is 18.4. The SMILES string of the molecule is COc1cc(Nc2nc(C)cc(Oc3cccc(OC(F)(F)F)c3)n2)ccc1-n1cnc(C)c1. The van der Waals surface area contributed by atoms with Crippen molar-refractivity contribution in [3.8, 4) is 28.8 Å². The van der Waals surface area contributed by atoms with Crippen molar-refractivity contribution in [1.82, 2.24) is 19.5 Å². The van der Waals surface area contributed by atoms with Gasteiger partial charge in [-0.3, -0.25) is 0 Å². The second kappa shape index (κ2) is 9.30. The van der Waals surface area contributed by atoms with Crippen LogP contribution in [0.3, 0.4) is 0 Å². The van der Waals surface area contributed by atoms with Crippen molar-refractivity contribution in [2.45, 2.75) is 20.2 Å². The number of nitrogens with zero attached hydrogens (tertiary/aromatic N) is 4. The lowest BCUT2D eigenvalue weighted by Crippen LogP contribution is -2.17. The summed E-state index contributed by atoms with van der Waals surface area (Å²) < 4.78 is 54.4. The van der Waals surface area contributed by atoms with E-state index in [1.54, 1.807) is 32.5 Å². The number of anilines is 2. The van der Waals surface area contributed by atoms with Gasteiger partial charge in [0.05, 0.1) is 24.8 Å². The number of aryl methyl sites for hydroxylation is 2. The van der Waals surface area contributed by atoms with Crippen molar-refractivity contribution < 1.29 is 27.4 Å². The molecule has 0 radical (unpaired) electrons. The average Bonchev–Trinajstić information content (AvgIpc) is 3.18. The number of benzene rings is 2. The first-order valence-electron chi connectivity index (χ1n) is 10.0. The first-order chi connectivity index (χ1) is 16.2. The predicted octanol–water partition coefficient (Wildman–Crippen LogP) is 5.72. The van der Waals surface area contributed by atoms with Crippen LogP contribution in [0.2, 0.25) is 0 Å². The zero-order valence-corrected chi connectivity index (χ0v) is 18.4. The Balaban J connectivity index is 1.54. The number of methoxy groups -OCH3 is 1. The molecule has 0 spiro atoms. The molecule has 34 heavy (non-hydrogen) atoms. The Bertz CT molecular complexity index is 1310. The van der Waals surface area contributed by atoms with E-state index < -0.39 is 12.1 Å². The van der Waals surface area contributed by atoms with E-state index >= 15 is 0 Å². The zero-order chi connectivity index (χ0) is 24.3. The van der Waals surface area contributed by atoms with Crippen LogP contribution in [0.5, 0.6) is 23.1 Å². The van der Waals surface area contributed by atoms with Gasteiger partial charge in [-0.1, -0.05) is 6.07 Å². The van der Waals surface area contributed by atoms with Crippen LogP contribution in [0.4, 0.5) is 24.8 Å². The predicted molar refractivity (Wildman–Crippen MR) is 118 cm³/mol. The lowest BCUT2D eigenvalue weighted by Gasteiger charge is -2.13. The van der Waals surface area contributed by atoms with Crippen LogP contribution in [-0.4, -0.2) is 33.0 Å². The molecule has 4 aromatic rings. The van der Waals surface area contributed by atoms with Crippen LogP contribution >= 0.6 is 0 Å². The lowest BCUT2D eigenvalue weighted by atomic mass is 10.2. The Hall–Kier alpha value is -4.28. The Morgan fingerprint density at radius 1 is 0.941 bits per heavy atom. The molecule has 0 saturated carbocycles. The summed E-state index contributed by atoms with van der Waals surface area (Å²) in [5.41, 5.74) is 2.94. The number of rotatable bonds is 7. The number of nitrogens with one attached hydrogen (secondary N) is 1. The van der Waals surface area contributed by atoms with Crippen LogP contribution in [0.25, 0.3) is 5.69 Å². The van der Waals surface area contributed by atoms with Crippen LogP contribution in [0, 0.1) is 13.8 Å². The first-order valence-corrected chi connectivity index (χ1v) is 10.0. The van der Waals surface area contributed by atoms with E-state index in [-0.39, 0.29) is 17.6 Å². The molecule has 0 aliphatic rings. The molecule has 0 amide bonds. The number of hydrogen-bond donors (Lipinski definition) is 1. The molecule has 0 bridgehead atoms. The molecule has 2 aromatic heterocycles. The highest BCUT2D eigenvalue weighted by Gasteiger charge is 2.31. The topological polar surface area (TPSA) is 83.3 Å². The van der Waals surface area contributed by atoms with Crippen LogP contribution in [0.1, 0.15) is 11.4 Å². The van der Waals surface area contributed by atoms with Crippen molar-refractivity contribution in [3.63, 3.8) is 0 Å². The van der Waals surface area contributed by atoms with Gasteiger partial charge in [-0.2, -0.15) is 4.98 Å². The minimum atomic E-state index is -4.80. The summed E-state index contributed by atoms with van der Waals surface area (Å²) in [6.45, 7) is 3.64. The van der Waals surface area contributed by atoms with Crippen molar-refractivity contribution in [2.75, 3.05) is 12.4 Å². The highest BCUT2D eigenvalue weighted by atomic mass is 19.4. The normalized spacial score (nSPS) is 11.2. The summed E-state index contributed by atoms with van der Waals surface area (Å²) >= 11 is 0. The Labute approximate surface area is 193 Å².